The maximum Gasteiger partial charge on any atom is 0.402 e. The van der Waals surface area contributed by atoms with Gasteiger partial charge in [-0.25, -0.2) is 4.79 Å². The summed E-state index contributed by atoms with van der Waals surface area (Å²) in [7, 11) is 0. The first kappa shape index (κ1) is 17.2. The standard InChI is InChI=1S/C22H18O.CH3NO2/c1-2-5-18-15(4-1)9-12-20-19(18)11-10-16-7-8-17(14-21(16)20)22-6-3-13-23-22;2-1(3)4/h1-6,9-13,17H,7-8,14H2;2H2,(H,3,4). The number of benzene rings is 3. The van der Waals surface area contributed by atoms with E-state index in [2.05, 4.69) is 60.3 Å². The predicted octanol–water partition coefficient (Wildman–Crippen LogP) is 5.48. The maximum atomic E-state index is 8.78. The van der Waals surface area contributed by atoms with Crippen molar-refractivity contribution in [1.82, 2.24) is 0 Å². The van der Waals surface area contributed by atoms with Crippen molar-refractivity contribution < 1.29 is 14.3 Å². The second-order valence-electron chi connectivity index (χ2n) is 6.88. The Labute approximate surface area is 157 Å². The van der Waals surface area contributed by atoms with Gasteiger partial charge in [0.2, 0.25) is 0 Å². The molecule has 3 aromatic carbocycles. The molecule has 1 heterocycles. The molecule has 1 aromatic heterocycles. The summed E-state index contributed by atoms with van der Waals surface area (Å²) in [5.41, 5.74) is 7.05. The minimum Gasteiger partial charge on any atom is -0.469 e. The van der Waals surface area contributed by atoms with E-state index in [4.69, 9.17) is 14.3 Å². The van der Waals surface area contributed by atoms with Crippen LogP contribution in [0.25, 0.3) is 21.5 Å². The van der Waals surface area contributed by atoms with Crippen molar-refractivity contribution in [1.29, 1.82) is 0 Å². The summed E-state index contributed by atoms with van der Waals surface area (Å²) >= 11 is 0. The van der Waals surface area contributed by atoms with Crippen molar-refractivity contribution >= 4 is 27.6 Å². The van der Waals surface area contributed by atoms with E-state index >= 15 is 0 Å². The fraction of sp³-hybridized carbons (Fsp3) is 0.174. The number of furan rings is 1. The summed E-state index contributed by atoms with van der Waals surface area (Å²) in [4.78, 5) is 8.78. The van der Waals surface area contributed by atoms with Crippen molar-refractivity contribution in [3.63, 3.8) is 0 Å². The Bertz CT molecular complexity index is 1100. The monoisotopic (exact) mass is 359 g/mol. The summed E-state index contributed by atoms with van der Waals surface area (Å²) in [6.45, 7) is 0. The molecule has 0 aliphatic heterocycles. The molecule has 136 valence electrons. The van der Waals surface area contributed by atoms with Crippen LogP contribution in [0.4, 0.5) is 4.79 Å². The Morgan fingerprint density at radius 3 is 2.52 bits per heavy atom. The Morgan fingerprint density at radius 1 is 0.963 bits per heavy atom. The van der Waals surface area contributed by atoms with Gasteiger partial charge in [-0.2, -0.15) is 0 Å². The lowest BCUT2D eigenvalue weighted by Crippen LogP contribution is -2.12. The summed E-state index contributed by atoms with van der Waals surface area (Å²) in [6, 6.07) is 22.0. The average Bonchev–Trinajstić information content (AvgIpc) is 3.21. The van der Waals surface area contributed by atoms with E-state index in [-0.39, 0.29) is 0 Å². The van der Waals surface area contributed by atoms with Crippen molar-refractivity contribution in [2.75, 3.05) is 0 Å². The van der Waals surface area contributed by atoms with Crippen molar-refractivity contribution in [2.45, 2.75) is 25.2 Å². The fourth-order valence-corrected chi connectivity index (χ4v) is 4.12. The fourth-order valence-electron chi connectivity index (χ4n) is 4.12. The molecule has 4 aromatic rings. The van der Waals surface area contributed by atoms with Gasteiger partial charge < -0.3 is 15.3 Å². The first-order chi connectivity index (χ1) is 13.1. The molecule has 4 heteroatoms. The van der Waals surface area contributed by atoms with Crippen LogP contribution in [0, 0.1) is 0 Å². The molecular weight excluding hydrogens is 338 g/mol. The molecule has 1 atom stereocenters. The molecule has 0 saturated carbocycles. The number of carbonyl (C=O) groups is 1. The number of rotatable bonds is 1. The van der Waals surface area contributed by atoms with Crippen molar-refractivity contribution in [3.05, 3.63) is 83.8 Å². The Hall–Kier alpha value is -3.27. The SMILES string of the molecule is NC(=O)O.c1coc(C2CCc3ccc4c(ccc5ccccc54)c3C2)c1. The highest BCUT2D eigenvalue weighted by Gasteiger charge is 2.23. The van der Waals surface area contributed by atoms with Crippen LogP contribution in [-0.2, 0) is 12.8 Å². The highest BCUT2D eigenvalue weighted by Crippen LogP contribution is 2.38. The van der Waals surface area contributed by atoms with Gasteiger partial charge in [-0.15, -0.1) is 0 Å². The van der Waals surface area contributed by atoms with Gasteiger partial charge in [0.15, 0.2) is 0 Å². The zero-order valence-electron chi connectivity index (χ0n) is 14.9. The number of amides is 1. The van der Waals surface area contributed by atoms with E-state index in [1.165, 1.54) is 39.1 Å². The summed E-state index contributed by atoms with van der Waals surface area (Å²) in [5, 5.41) is 12.7. The Balaban J connectivity index is 0.000000413. The molecule has 0 spiro atoms. The van der Waals surface area contributed by atoms with Crippen molar-refractivity contribution in [2.24, 2.45) is 5.73 Å². The molecular formula is C23H21NO3. The van der Waals surface area contributed by atoms with Gasteiger partial charge in [0.05, 0.1) is 6.26 Å². The second-order valence-corrected chi connectivity index (χ2v) is 6.88. The minimum atomic E-state index is -1.33. The topological polar surface area (TPSA) is 76.5 Å². The number of fused-ring (bicyclic) bond motifs is 5. The molecule has 0 saturated heterocycles. The van der Waals surface area contributed by atoms with Crippen molar-refractivity contribution in [3.8, 4) is 0 Å². The molecule has 0 fully saturated rings. The third-order valence-electron chi connectivity index (χ3n) is 5.29. The molecule has 3 N–H and O–H groups in total. The van der Waals surface area contributed by atoms with E-state index in [0.29, 0.717) is 5.92 Å². The normalized spacial score (nSPS) is 15.8. The molecule has 1 amide bonds. The number of carboxylic acid groups (broad SMARTS) is 1. The summed E-state index contributed by atoms with van der Waals surface area (Å²) in [6.07, 6.45) is 3.86. The average molecular weight is 359 g/mol. The number of aryl methyl sites for hydroxylation is 1. The molecule has 4 nitrogen and oxygen atoms in total. The van der Waals surface area contributed by atoms with Gasteiger partial charge in [0.25, 0.3) is 0 Å². The van der Waals surface area contributed by atoms with Crippen LogP contribution in [0.2, 0.25) is 0 Å². The maximum absolute atomic E-state index is 8.78. The van der Waals surface area contributed by atoms with Crippen LogP contribution in [0.3, 0.4) is 0 Å². The van der Waals surface area contributed by atoms with E-state index in [1.54, 1.807) is 6.26 Å². The summed E-state index contributed by atoms with van der Waals surface area (Å²) < 4.78 is 5.67. The Morgan fingerprint density at radius 2 is 1.74 bits per heavy atom. The molecule has 0 bridgehead atoms. The highest BCUT2D eigenvalue weighted by molar-refractivity contribution is 6.08. The number of hydrogen-bond acceptors (Lipinski definition) is 2. The molecule has 5 rings (SSSR count). The van der Waals surface area contributed by atoms with Crippen LogP contribution >= 0.6 is 0 Å². The molecule has 1 aliphatic carbocycles. The van der Waals surface area contributed by atoms with Gasteiger partial charge in [-0.1, -0.05) is 48.5 Å². The zero-order valence-corrected chi connectivity index (χ0v) is 14.9. The van der Waals surface area contributed by atoms with Crippen LogP contribution in [0.15, 0.2) is 71.3 Å². The molecule has 27 heavy (non-hydrogen) atoms. The zero-order chi connectivity index (χ0) is 18.8. The summed E-state index contributed by atoms with van der Waals surface area (Å²) in [5.74, 6) is 1.64. The first-order valence-electron chi connectivity index (χ1n) is 9.07. The highest BCUT2D eigenvalue weighted by atomic mass is 16.4. The van der Waals surface area contributed by atoms with Crippen LogP contribution in [0.1, 0.15) is 29.2 Å². The number of nitrogens with two attached hydrogens (primary N) is 1. The first-order valence-corrected chi connectivity index (χ1v) is 9.07. The predicted molar refractivity (Wildman–Crippen MR) is 107 cm³/mol. The van der Waals surface area contributed by atoms with Gasteiger partial charge in [0.1, 0.15) is 5.76 Å². The third kappa shape index (κ3) is 3.38. The second kappa shape index (κ2) is 7.16. The molecule has 1 unspecified atom stereocenters. The van der Waals surface area contributed by atoms with Crippen LogP contribution < -0.4 is 5.73 Å². The third-order valence-corrected chi connectivity index (χ3v) is 5.29. The van der Waals surface area contributed by atoms with Crippen LogP contribution in [-0.4, -0.2) is 11.2 Å². The lowest BCUT2D eigenvalue weighted by atomic mass is 9.80. The van der Waals surface area contributed by atoms with Crippen LogP contribution in [0.5, 0.6) is 0 Å². The van der Waals surface area contributed by atoms with Gasteiger partial charge in [0, 0.05) is 5.92 Å². The quantitative estimate of drug-likeness (QED) is 0.442. The lowest BCUT2D eigenvalue weighted by Gasteiger charge is -2.25. The van der Waals surface area contributed by atoms with E-state index < -0.39 is 6.09 Å². The Kier molecular flexibility index (Phi) is 4.55. The van der Waals surface area contributed by atoms with E-state index in [0.717, 1.165) is 18.6 Å². The molecule has 1 aliphatic rings. The van der Waals surface area contributed by atoms with Gasteiger partial charge >= 0.3 is 6.09 Å². The minimum absolute atomic E-state index is 0.509. The number of primary amides is 1. The lowest BCUT2D eigenvalue weighted by molar-refractivity contribution is 0.205. The molecule has 0 radical (unpaired) electrons. The van der Waals surface area contributed by atoms with E-state index in [9.17, 15) is 0 Å². The smallest absolute Gasteiger partial charge is 0.402 e. The van der Waals surface area contributed by atoms with Gasteiger partial charge in [-0.05, 0) is 64.1 Å². The van der Waals surface area contributed by atoms with Gasteiger partial charge in [-0.3, -0.25) is 0 Å². The largest absolute Gasteiger partial charge is 0.469 e. The van der Waals surface area contributed by atoms with E-state index in [1.807, 2.05) is 6.07 Å². The number of hydrogen-bond donors (Lipinski definition) is 2.